The number of carbonyl (C=O) groups excluding carboxylic acids is 4. The first-order valence-electron chi connectivity index (χ1n) is 8.75. The van der Waals surface area contributed by atoms with Gasteiger partial charge in [0.05, 0.1) is 29.8 Å². The number of amides is 3. The number of benzene rings is 1. The van der Waals surface area contributed by atoms with Crippen LogP contribution in [0.4, 0.5) is 5.13 Å². The van der Waals surface area contributed by atoms with Gasteiger partial charge in [-0.1, -0.05) is 11.6 Å². The summed E-state index contributed by atoms with van der Waals surface area (Å²) in [5, 5.41) is 4.63. The van der Waals surface area contributed by atoms with Gasteiger partial charge in [-0.05, 0) is 26.0 Å². The molecule has 1 aliphatic rings. The number of nitrogens with one attached hydrogen (secondary N) is 1. The van der Waals surface area contributed by atoms with Crippen LogP contribution in [-0.4, -0.2) is 46.7 Å². The minimum absolute atomic E-state index is 0.0156. The van der Waals surface area contributed by atoms with E-state index >= 15 is 0 Å². The van der Waals surface area contributed by atoms with E-state index < -0.39 is 5.91 Å². The highest BCUT2D eigenvalue weighted by atomic mass is 32.1. The first-order chi connectivity index (χ1) is 13.4. The Kier molecular flexibility index (Phi) is 5.84. The zero-order valence-corrected chi connectivity index (χ0v) is 16.3. The van der Waals surface area contributed by atoms with Gasteiger partial charge >= 0.3 is 5.97 Å². The lowest BCUT2D eigenvalue weighted by Crippen LogP contribution is -2.32. The Hall–Kier alpha value is -3.07. The number of imide groups is 1. The Morgan fingerprint density at radius 2 is 1.96 bits per heavy atom. The molecule has 0 saturated heterocycles. The maximum Gasteiger partial charge on any atom is 0.311 e. The van der Waals surface area contributed by atoms with Crippen LogP contribution in [0, 0.1) is 6.92 Å². The van der Waals surface area contributed by atoms with Gasteiger partial charge in [0.2, 0.25) is 5.91 Å². The summed E-state index contributed by atoms with van der Waals surface area (Å²) in [4.78, 5) is 53.6. The van der Waals surface area contributed by atoms with Gasteiger partial charge in [0.1, 0.15) is 0 Å². The van der Waals surface area contributed by atoms with Crippen molar-refractivity contribution in [2.75, 3.05) is 18.5 Å². The van der Waals surface area contributed by atoms with E-state index in [0.29, 0.717) is 28.6 Å². The minimum atomic E-state index is -0.390. The number of fused-ring (bicyclic) bond motifs is 1. The second-order valence-electron chi connectivity index (χ2n) is 6.23. The third kappa shape index (κ3) is 4.25. The largest absolute Gasteiger partial charge is 0.466 e. The Balaban J connectivity index is 1.54. The molecule has 146 valence electrons. The molecule has 0 radical (unpaired) electrons. The average molecular weight is 401 g/mol. The van der Waals surface area contributed by atoms with Crippen LogP contribution in [0.2, 0.25) is 0 Å². The predicted octanol–water partition coefficient (Wildman–Crippen LogP) is 2.18. The number of hydrogen-bond donors (Lipinski definition) is 1. The molecule has 0 bridgehead atoms. The third-order valence-electron chi connectivity index (χ3n) is 4.12. The van der Waals surface area contributed by atoms with E-state index in [1.54, 1.807) is 30.5 Å². The lowest BCUT2D eigenvalue weighted by Gasteiger charge is -2.12. The summed E-state index contributed by atoms with van der Waals surface area (Å²) in [6.07, 6.45) is -0.00803. The molecule has 0 saturated carbocycles. The summed E-state index contributed by atoms with van der Waals surface area (Å²) < 4.78 is 4.85. The normalized spacial score (nSPS) is 12.9. The number of ether oxygens (including phenoxy) is 1. The Morgan fingerprint density at radius 3 is 2.71 bits per heavy atom. The second-order valence-corrected chi connectivity index (χ2v) is 7.09. The molecule has 0 atom stereocenters. The molecule has 2 aromatic rings. The number of aromatic nitrogens is 1. The monoisotopic (exact) mass is 401 g/mol. The van der Waals surface area contributed by atoms with E-state index in [9.17, 15) is 19.2 Å². The van der Waals surface area contributed by atoms with E-state index in [4.69, 9.17) is 4.74 Å². The van der Waals surface area contributed by atoms with E-state index in [1.165, 1.54) is 11.3 Å². The number of nitrogens with zero attached hydrogens (tertiary/aromatic N) is 2. The summed E-state index contributed by atoms with van der Waals surface area (Å²) in [6.45, 7) is 3.85. The molecule has 1 aromatic carbocycles. The highest BCUT2D eigenvalue weighted by Gasteiger charge is 2.35. The van der Waals surface area contributed by atoms with E-state index in [1.807, 2.05) is 6.92 Å². The molecule has 1 aliphatic heterocycles. The van der Waals surface area contributed by atoms with Gasteiger partial charge in [-0.2, -0.15) is 0 Å². The van der Waals surface area contributed by atoms with Crippen molar-refractivity contribution in [1.82, 2.24) is 9.88 Å². The number of aryl methyl sites for hydroxylation is 1. The van der Waals surface area contributed by atoms with Crippen LogP contribution in [0.25, 0.3) is 0 Å². The van der Waals surface area contributed by atoms with Gasteiger partial charge < -0.3 is 10.1 Å². The molecule has 0 aliphatic carbocycles. The van der Waals surface area contributed by atoms with Crippen molar-refractivity contribution in [2.45, 2.75) is 26.7 Å². The van der Waals surface area contributed by atoms with Crippen molar-refractivity contribution in [1.29, 1.82) is 0 Å². The number of anilines is 1. The van der Waals surface area contributed by atoms with Crippen LogP contribution in [-0.2, 0) is 20.7 Å². The molecule has 1 aromatic heterocycles. The van der Waals surface area contributed by atoms with Crippen LogP contribution < -0.4 is 5.32 Å². The van der Waals surface area contributed by atoms with Gasteiger partial charge in [0.25, 0.3) is 11.8 Å². The van der Waals surface area contributed by atoms with Crippen LogP contribution in [0.15, 0.2) is 23.6 Å². The van der Waals surface area contributed by atoms with Gasteiger partial charge in [-0.15, -0.1) is 11.3 Å². The van der Waals surface area contributed by atoms with Crippen molar-refractivity contribution in [2.24, 2.45) is 0 Å². The smallest absolute Gasteiger partial charge is 0.311 e. The van der Waals surface area contributed by atoms with Crippen LogP contribution in [0.1, 0.15) is 45.3 Å². The standard InChI is InChI=1S/C19H19N3O5S/c1-3-27-16(24)9-12-10-28-19(20-12)21-15(23)6-7-22-17(25)13-5-4-11(2)8-14(13)18(22)26/h4-5,8,10H,3,6-7,9H2,1-2H3,(H,20,21,23). The fraction of sp³-hybridized carbons (Fsp3) is 0.316. The fourth-order valence-corrected chi connectivity index (χ4v) is 3.53. The Morgan fingerprint density at radius 1 is 1.21 bits per heavy atom. The Bertz CT molecular complexity index is 953. The predicted molar refractivity (Wildman–Crippen MR) is 102 cm³/mol. The molecule has 0 unspecified atom stereocenters. The van der Waals surface area contributed by atoms with E-state index in [-0.39, 0.29) is 37.2 Å². The van der Waals surface area contributed by atoms with E-state index in [2.05, 4.69) is 10.3 Å². The maximum atomic E-state index is 12.4. The van der Waals surface area contributed by atoms with Crippen LogP contribution >= 0.6 is 11.3 Å². The molecule has 28 heavy (non-hydrogen) atoms. The lowest BCUT2D eigenvalue weighted by atomic mass is 10.1. The van der Waals surface area contributed by atoms with Gasteiger partial charge in [0, 0.05) is 18.3 Å². The molecule has 0 fully saturated rings. The lowest BCUT2D eigenvalue weighted by molar-refractivity contribution is -0.142. The second kappa shape index (κ2) is 8.30. The molecular formula is C19H19N3O5S. The fourth-order valence-electron chi connectivity index (χ4n) is 2.81. The first-order valence-corrected chi connectivity index (χ1v) is 9.63. The van der Waals surface area contributed by atoms with E-state index in [0.717, 1.165) is 10.5 Å². The van der Waals surface area contributed by atoms with Crippen molar-refractivity contribution in [3.8, 4) is 0 Å². The average Bonchev–Trinajstić information content (AvgIpc) is 3.16. The number of thiazole rings is 1. The summed E-state index contributed by atoms with van der Waals surface area (Å²) >= 11 is 1.19. The SMILES string of the molecule is CCOC(=O)Cc1csc(NC(=O)CCN2C(=O)c3ccc(C)cc3C2=O)n1. The number of rotatable bonds is 7. The number of esters is 1. The quantitative estimate of drug-likeness (QED) is 0.563. The molecule has 9 heteroatoms. The third-order valence-corrected chi connectivity index (χ3v) is 4.92. The van der Waals surface area contributed by atoms with Crippen molar-refractivity contribution in [3.63, 3.8) is 0 Å². The molecule has 3 amide bonds. The summed E-state index contributed by atoms with van der Waals surface area (Å²) in [5.74, 6) is -1.53. The Labute approximate surface area is 165 Å². The van der Waals surface area contributed by atoms with Gasteiger partial charge in [-0.25, -0.2) is 4.98 Å². The van der Waals surface area contributed by atoms with Crippen LogP contribution in [0.5, 0.6) is 0 Å². The maximum absolute atomic E-state index is 12.4. The summed E-state index contributed by atoms with van der Waals surface area (Å²) in [5.41, 5.74) is 2.13. The molecule has 1 N–H and O–H groups in total. The summed E-state index contributed by atoms with van der Waals surface area (Å²) in [6, 6.07) is 5.08. The summed E-state index contributed by atoms with van der Waals surface area (Å²) in [7, 11) is 0. The van der Waals surface area contributed by atoms with Gasteiger partial charge in [0.15, 0.2) is 5.13 Å². The zero-order chi connectivity index (χ0) is 20.3. The highest BCUT2D eigenvalue weighted by molar-refractivity contribution is 7.13. The van der Waals surface area contributed by atoms with Crippen molar-refractivity contribution >= 4 is 40.2 Å². The first kappa shape index (κ1) is 19.7. The molecule has 3 rings (SSSR count). The molecular weight excluding hydrogens is 382 g/mol. The van der Waals surface area contributed by atoms with Crippen molar-refractivity contribution < 1.29 is 23.9 Å². The number of hydrogen-bond acceptors (Lipinski definition) is 7. The van der Waals surface area contributed by atoms with Gasteiger partial charge in [-0.3, -0.25) is 24.1 Å². The minimum Gasteiger partial charge on any atom is -0.466 e. The number of carbonyl (C=O) groups is 4. The molecule has 0 spiro atoms. The molecule has 2 heterocycles. The zero-order valence-electron chi connectivity index (χ0n) is 15.5. The molecule has 8 nitrogen and oxygen atoms in total. The highest BCUT2D eigenvalue weighted by Crippen LogP contribution is 2.24. The van der Waals surface area contributed by atoms with Crippen LogP contribution in [0.3, 0.4) is 0 Å². The topological polar surface area (TPSA) is 106 Å². The van der Waals surface area contributed by atoms with Crippen molar-refractivity contribution in [3.05, 3.63) is 46.0 Å².